The second-order valence-electron chi connectivity index (χ2n) is 3.10. The van der Waals surface area contributed by atoms with E-state index in [9.17, 15) is 0 Å². The number of nitrogens with one attached hydrogen (secondary N) is 1. The molecule has 1 aromatic heterocycles. The Morgan fingerprint density at radius 1 is 1.50 bits per heavy atom. The third-order valence-electron chi connectivity index (χ3n) is 1.87. The Hall–Kier alpha value is -0.941. The largest absolute Gasteiger partial charge is 2.00 e. The van der Waals surface area contributed by atoms with Crippen LogP contribution in [0.5, 0.6) is 0 Å². The number of hydrogen-bond acceptors (Lipinski definition) is 5. The molecule has 0 fully saturated rings. The van der Waals surface area contributed by atoms with E-state index in [0.29, 0.717) is 5.71 Å². The summed E-state index contributed by atoms with van der Waals surface area (Å²) in [5.74, 6) is 0. The fourth-order valence-corrected chi connectivity index (χ4v) is 1.91. The molecular weight excluding hydrogens is 274 g/mol. The summed E-state index contributed by atoms with van der Waals surface area (Å²) < 4.78 is 1.12. The van der Waals surface area contributed by atoms with Crippen LogP contribution in [0.2, 0.25) is 0 Å². The first-order chi connectivity index (χ1) is 7.29. The Kier molecular flexibility index (Phi) is 4.89. The van der Waals surface area contributed by atoms with E-state index in [1.54, 1.807) is 6.92 Å². The van der Waals surface area contributed by atoms with Gasteiger partial charge in [-0.05, 0) is 19.1 Å². The number of thiazole rings is 1. The molecule has 2 rings (SSSR count). The maximum atomic E-state index is 8.76. The second kappa shape index (κ2) is 5.96. The average molecular weight is 285 g/mol. The van der Waals surface area contributed by atoms with Crippen LogP contribution in [0.1, 0.15) is 6.92 Å². The first-order valence-electron chi connectivity index (χ1n) is 4.55. The summed E-state index contributed by atoms with van der Waals surface area (Å²) in [7, 11) is 0. The molecule has 1 aromatic carbocycles. The summed E-state index contributed by atoms with van der Waals surface area (Å²) >= 11 is 1.54. The van der Waals surface area contributed by atoms with Gasteiger partial charge in [-0.25, -0.2) is 4.98 Å². The van der Waals surface area contributed by atoms with Crippen molar-refractivity contribution in [3.8, 4) is 0 Å². The van der Waals surface area contributed by atoms with Crippen molar-refractivity contribution in [2.45, 2.75) is 6.92 Å². The van der Waals surface area contributed by atoms with E-state index in [-0.39, 0.29) is 23.7 Å². The zero-order valence-electron chi connectivity index (χ0n) is 8.57. The van der Waals surface area contributed by atoms with Crippen molar-refractivity contribution >= 4 is 32.4 Å². The summed E-state index contributed by atoms with van der Waals surface area (Å²) in [4.78, 5) is 4.34. The maximum absolute atomic E-state index is 8.76. The predicted molar refractivity (Wildman–Crippen MR) is 63.4 cm³/mol. The van der Waals surface area contributed by atoms with Gasteiger partial charge in [0.25, 0.3) is 0 Å². The van der Waals surface area contributed by atoms with Gasteiger partial charge in [0.1, 0.15) is 0 Å². The summed E-state index contributed by atoms with van der Waals surface area (Å²) in [5, 5.41) is 13.5. The van der Waals surface area contributed by atoms with Gasteiger partial charge in [-0.3, -0.25) is 5.43 Å². The predicted octanol–water partition coefficient (Wildman–Crippen LogP) is 2.07. The SMILES string of the molecule is C/C(CO)=N\Nc1nc2ccccc2s1.[Cu+2]. The molecule has 0 saturated heterocycles. The minimum atomic E-state index is -0.0438. The Balaban J connectivity index is 0.00000128. The number of hydrogen-bond donors (Lipinski definition) is 2. The van der Waals surface area contributed by atoms with Crippen molar-refractivity contribution in [3.05, 3.63) is 24.3 Å². The third kappa shape index (κ3) is 3.02. The minimum absolute atomic E-state index is 0. The zero-order valence-corrected chi connectivity index (χ0v) is 10.3. The van der Waals surface area contributed by atoms with Crippen molar-refractivity contribution in [2.75, 3.05) is 12.0 Å². The number of rotatable bonds is 3. The number of aliphatic hydroxyl groups is 1. The van der Waals surface area contributed by atoms with E-state index < -0.39 is 0 Å². The second-order valence-corrected chi connectivity index (χ2v) is 4.13. The van der Waals surface area contributed by atoms with E-state index in [1.807, 2.05) is 24.3 Å². The van der Waals surface area contributed by atoms with Crippen LogP contribution in [0.25, 0.3) is 10.2 Å². The fraction of sp³-hybridized carbons (Fsp3) is 0.200. The summed E-state index contributed by atoms with van der Waals surface area (Å²) in [5.41, 5.74) is 4.41. The number of hydrazone groups is 1. The van der Waals surface area contributed by atoms with Crippen LogP contribution in [0.15, 0.2) is 29.4 Å². The molecule has 0 amide bonds. The molecule has 2 aromatic rings. The van der Waals surface area contributed by atoms with Crippen molar-refractivity contribution in [1.29, 1.82) is 0 Å². The molecule has 0 saturated carbocycles. The minimum Gasteiger partial charge on any atom is -0.390 e. The molecule has 4 nitrogen and oxygen atoms in total. The van der Waals surface area contributed by atoms with Gasteiger partial charge in [0.15, 0.2) is 0 Å². The number of nitrogens with zero attached hydrogens (tertiary/aromatic N) is 2. The van der Waals surface area contributed by atoms with Gasteiger partial charge in [0.2, 0.25) is 5.13 Å². The Bertz CT molecular complexity index is 465. The van der Waals surface area contributed by atoms with Crippen LogP contribution in [0, 0.1) is 0 Å². The third-order valence-corrected chi connectivity index (χ3v) is 2.81. The number of aliphatic hydroxyl groups excluding tert-OH is 1. The van der Waals surface area contributed by atoms with Gasteiger partial charge < -0.3 is 5.11 Å². The van der Waals surface area contributed by atoms with Crippen LogP contribution in [0.4, 0.5) is 5.13 Å². The number of fused-ring (bicyclic) bond motifs is 1. The van der Waals surface area contributed by atoms with E-state index >= 15 is 0 Å². The molecule has 1 heterocycles. The number of para-hydroxylation sites is 1. The van der Waals surface area contributed by atoms with Crippen molar-refractivity contribution in [3.63, 3.8) is 0 Å². The van der Waals surface area contributed by atoms with Gasteiger partial charge >= 0.3 is 17.1 Å². The van der Waals surface area contributed by atoms with Crippen LogP contribution in [-0.2, 0) is 17.1 Å². The topological polar surface area (TPSA) is 57.5 Å². The molecule has 0 bridgehead atoms. The molecule has 6 heteroatoms. The summed E-state index contributed by atoms with van der Waals surface area (Å²) in [6.07, 6.45) is 0. The van der Waals surface area contributed by atoms with Gasteiger partial charge in [0, 0.05) is 0 Å². The molecule has 87 valence electrons. The van der Waals surface area contributed by atoms with Crippen molar-refractivity contribution < 1.29 is 22.2 Å². The van der Waals surface area contributed by atoms with Crippen molar-refractivity contribution in [1.82, 2.24) is 4.98 Å². The maximum Gasteiger partial charge on any atom is 2.00 e. The first-order valence-corrected chi connectivity index (χ1v) is 5.37. The quantitative estimate of drug-likeness (QED) is 0.515. The number of benzene rings is 1. The molecule has 16 heavy (non-hydrogen) atoms. The molecule has 0 aliphatic rings. The van der Waals surface area contributed by atoms with Crippen LogP contribution in [0.3, 0.4) is 0 Å². The van der Waals surface area contributed by atoms with Crippen molar-refractivity contribution in [2.24, 2.45) is 5.10 Å². The van der Waals surface area contributed by atoms with Gasteiger partial charge in [-0.2, -0.15) is 5.10 Å². The molecule has 2 N–H and O–H groups in total. The van der Waals surface area contributed by atoms with Crippen LogP contribution in [-0.4, -0.2) is 22.4 Å². The summed E-state index contributed by atoms with van der Waals surface area (Å²) in [6, 6.07) is 7.90. The molecule has 0 unspecified atom stereocenters. The molecular formula is C10H11CuN3OS+2. The molecule has 0 aliphatic heterocycles. The summed E-state index contributed by atoms with van der Waals surface area (Å²) in [6.45, 7) is 1.71. The standard InChI is InChI=1S/C10H11N3OS.Cu/c1-7(6-14)12-13-10-11-8-4-2-3-5-9(8)15-10;/h2-5,14H,6H2,1H3,(H,11,13);/q;+2/b12-7+;. The van der Waals surface area contributed by atoms with Gasteiger partial charge in [-0.15, -0.1) is 0 Å². The number of aromatic nitrogens is 1. The average Bonchev–Trinajstić information content (AvgIpc) is 2.68. The van der Waals surface area contributed by atoms with Crippen LogP contribution >= 0.6 is 11.3 Å². The smallest absolute Gasteiger partial charge is 0.390 e. The van der Waals surface area contributed by atoms with E-state index in [4.69, 9.17) is 5.11 Å². The van der Waals surface area contributed by atoms with Crippen LogP contribution < -0.4 is 5.43 Å². The Morgan fingerprint density at radius 3 is 2.94 bits per heavy atom. The monoisotopic (exact) mass is 284 g/mol. The first kappa shape index (κ1) is 13.1. The number of anilines is 1. The molecule has 0 aliphatic carbocycles. The Labute approximate surface area is 108 Å². The normalized spacial score (nSPS) is 11.2. The molecule has 0 atom stereocenters. The van der Waals surface area contributed by atoms with Gasteiger partial charge in [-0.1, -0.05) is 23.5 Å². The Morgan fingerprint density at radius 2 is 2.25 bits per heavy atom. The molecule has 1 radical (unpaired) electrons. The fourth-order valence-electron chi connectivity index (χ4n) is 1.10. The van der Waals surface area contributed by atoms with Gasteiger partial charge in [0.05, 0.1) is 22.5 Å². The van der Waals surface area contributed by atoms with E-state index in [0.717, 1.165) is 15.3 Å². The van der Waals surface area contributed by atoms with E-state index in [1.165, 1.54) is 11.3 Å². The zero-order chi connectivity index (χ0) is 10.7. The van der Waals surface area contributed by atoms with E-state index in [2.05, 4.69) is 15.5 Å². The molecule has 0 spiro atoms.